The third-order valence-electron chi connectivity index (χ3n) is 6.51. The Bertz CT molecular complexity index is 761. The minimum Gasteiger partial charge on any atom is -0.153 e. The Balaban J connectivity index is 0.00000512. The molecule has 0 spiro atoms. The Labute approximate surface area is 223 Å². The van der Waals surface area contributed by atoms with Crippen molar-refractivity contribution in [1.29, 1.82) is 0 Å². The van der Waals surface area contributed by atoms with Crippen LogP contribution in [0.5, 0.6) is 0 Å². The maximum absolute atomic E-state index is 2.55. The summed E-state index contributed by atoms with van der Waals surface area (Å²) in [5, 5.41) is 0. The zero-order valence-corrected chi connectivity index (χ0v) is 29.4. The summed E-state index contributed by atoms with van der Waals surface area (Å²) < 4.78 is 3.50. The van der Waals surface area contributed by atoms with Crippen molar-refractivity contribution in [3.05, 3.63) is 57.6 Å². The molecule has 0 heterocycles. The topological polar surface area (TPSA) is 0 Å². The smallest absolute Gasteiger partial charge is 0.153 e. The van der Waals surface area contributed by atoms with Gasteiger partial charge in [-0.3, -0.25) is 0 Å². The Morgan fingerprint density at radius 3 is 0.758 bits per heavy atom. The van der Waals surface area contributed by atoms with Gasteiger partial charge in [0.1, 0.15) is 0 Å². The molecule has 0 nitrogen and oxygen atoms in total. The molecular formula is C30H52P2Sn. The molecule has 2 aromatic rings. The van der Waals surface area contributed by atoms with Crippen LogP contribution in [0, 0.1) is 0 Å². The molecule has 2 rings (SSSR count). The predicted molar refractivity (Wildman–Crippen MR) is 165 cm³/mol. The van der Waals surface area contributed by atoms with Gasteiger partial charge in [0.2, 0.25) is 0 Å². The zero-order valence-electron chi connectivity index (χ0n) is 23.7. The van der Waals surface area contributed by atoms with Crippen LogP contribution >= 0.6 is 19.8 Å². The summed E-state index contributed by atoms with van der Waals surface area (Å²) in [7, 11) is 0. The summed E-state index contributed by atoms with van der Waals surface area (Å²) in [4.78, 5) is 0. The molecule has 0 bridgehead atoms. The maximum Gasteiger partial charge on any atom is -0.153 e. The van der Waals surface area contributed by atoms with Crippen LogP contribution in [0.3, 0.4) is 0 Å². The van der Waals surface area contributed by atoms with Gasteiger partial charge in [0.25, 0.3) is 0 Å². The molecule has 0 aliphatic carbocycles. The first kappa shape index (κ1) is 33.1. The van der Waals surface area contributed by atoms with Crippen molar-refractivity contribution in [2.45, 2.75) is 119 Å². The van der Waals surface area contributed by atoms with Gasteiger partial charge in [-0.15, -0.1) is 0 Å². The van der Waals surface area contributed by atoms with Crippen molar-refractivity contribution in [3.8, 4) is 0 Å². The second-order valence-corrected chi connectivity index (χ2v) is 14.8. The third kappa shape index (κ3) is 8.05. The molecule has 2 unspecified atom stereocenters. The molecular weight excluding hydrogens is 541 g/mol. The van der Waals surface area contributed by atoms with Crippen LogP contribution in [0.25, 0.3) is 0 Å². The predicted octanol–water partition coefficient (Wildman–Crippen LogP) is 8.20. The molecule has 33 heavy (non-hydrogen) atoms. The zero-order chi connectivity index (χ0) is 23.6. The minimum absolute atomic E-state index is 0. The molecule has 186 valence electrons. The molecule has 0 N–H and O–H groups in total. The van der Waals surface area contributed by atoms with Gasteiger partial charge in [0, 0.05) is 0 Å². The Morgan fingerprint density at radius 1 is 0.394 bits per heavy atom. The van der Waals surface area contributed by atoms with E-state index in [1.54, 1.807) is 29.4 Å². The van der Waals surface area contributed by atoms with E-state index in [0.717, 1.165) is 0 Å². The molecule has 0 saturated carbocycles. The van der Waals surface area contributed by atoms with Gasteiger partial charge in [-0.2, -0.15) is 19.8 Å². The largest absolute Gasteiger partial charge is 0.153 e. The van der Waals surface area contributed by atoms with Crippen molar-refractivity contribution in [2.24, 2.45) is 0 Å². The number of benzene rings is 2. The molecule has 0 aliphatic heterocycles. The van der Waals surface area contributed by atoms with Crippen LogP contribution in [0.1, 0.15) is 152 Å². The van der Waals surface area contributed by atoms with Gasteiger partial charge in [-0.05, 0) is 0 Å². The van der Waals surface area contributed by atoms with Crippen molar-refractivity contribution in [2.75, 3.05) is 0 Å². The second-order valence-electron chi connectivity index (χ2n) is 11.2. The summed E-state index contributed by atoms with van der Waals surface area (Å²) in [6, 6.07) is 10.2. The molecule has 0 fully saturated rings. The summed E-state index contributed by atoms with van der Waals surface area (Å²) in [5.41, 5.74) is 9.52. The summed E-state index contributed by atoms with van der Waals surface area (Å²) in [6.07, 6.45) is 0. The standard InChI is InChI=1S/2C15H23.2H3P.Sn/c2*1-10(2)13-7-14(11(3)4)9-15(8-13)12(5)6;;;/h2*7-8,10-12H,1-6H3;2*1H3;. The van der Waals surface area contributed by atoms with E-state index in [-0.39, 0.29) is 19.8 Å². The van der Waals surface area contributed by atoms with Crippen LogP contribution in [0.2, 0.25) is 0 Å². The van der Waals surface area contributed by atoms with E-state index in [2.05, 4.69) is 107 Å². The molecule has 3 heteroatoms. The second kappa shape index (κ2) is 14.0. The van der Waals surface area contributed by atoms with Crippen LogP contribution in [0.4, 0.5) is 0 Å². The fraction of sp³-hybridized carbons (Fsp3) is 0.600. The van der Waals surface area contributed by atoms with Crippen molar-refractivity contribution >= 4 is 48.1 Å². The first-order valence-corrected chi connectivity index (χ1v) is 15.3. The molecule has 0 amide bonds. The average Bonchev–Trinajstić information content (AvgIpc) is 2.66. The Hall–Kier alpha value is 0.0987. The van der Waals surface area contributed by atoms with E-state index in [9.17, 15) is 0 Å². The molecule has 0 saturated heterocycles. The summed E-state index contributed by atoms with van der Waals surface area (Å²) in [6.45, 7) is 28.5. The van der Waals surface area contributed by atoms with E-state index in [0.29, 0.717) is 35.5 Å². The number of hydrogen-bond donors (Lipinski definition) is 0. The van der Waals surface area contributed by atoms with Gasteiger partial charge in [0.15, 0.2) is 0 Å². The molecule has 2 aromatic carbocycles. The minimum atomic E-state index is -0.973. The fourth-order valence-corrected chi connectivity index (χ4v) is 10.8. The first-order valence-electron chi connectivity index (χ1n) is 12.5. The SMILES string of the molecule is CC(C)c1cc(C(C)C)[c]([Sn][c]2c(C(C)C)cc(C(C)C)cc2C(C)C)c(C(C)C)c1.P.P. The average molecular weight is 593 g/mol. The molecule has 2 atom stereocenters. The number of hydrogen-bond acceptors (Lipinski definition) is 0. The van der Waals surface area contributed by atoms with Crippen molar-refractivity contribution in [3.63, 3.8) is 0 Å². The maximum atomic E-state index is 2.55. The van der Waals surface area contributed by atoms with Gasteiger partial charge in [-0.25, -0.2) is 0 Å². The quantitative estimate of drug-likeness (QED) is 0.214. The van der Waals surface area contributed by atoms with E-state index >= 15 is 0 Å². The van der Waals surface area contributed by atoms with Crippen LogP contribution in [-0.4, -0.2) is 21.1 Å². The molecule has 0 aliphatic rings. The molecule has 0 aromatic heterocycles. The monoisotopic (exact) mass is 594 g/mol. The van der Waals surface area contributed by atoms with Crippen LogP contribution in [-0.2, 0) is 0 Å². The van der Waals surface area contributed by atoms with E-state index < -0.39 is 21.1 Å². The normalized spacial score (nSPS) is 11.7. The van der Waals surface area contributed by atoms with E-state index in [4.69, 9.17) is 0 Å². The fourth-order valence-electron chi connectivity index (χ4n) is 4.33. The van der Waals surface area contributed by atoms with Crippen molar-refractivity contribution < 1.29 is 0 Å². The molecule has 2 radical (unpaired) electrons. The van der Waals surface area contributed by atoms with Crippen molar-refractivity contribution in [1.82, 2.24) is 0 Å². The summed E-state index contributed by atoms with van der Waals surface area (Å²) in [5.74, 6) is 3.47. The Kier molecular flexibility index (Phi) is 14.0. The van der Waals surface area contributed by atoms with E-state index in [1.807, 2.05) is 0 Å². The summed E-state index contributed by atoms with van der Waals surface area (Å²) >= 11 is -0.973. The third-order valence-corrected chi connectivity index (χ3v) is 11.2. The number of rotatable bonds is 8. The van der Waals surface area contributed by atoms with Crippen LogP contribution in [0.15, 0.2) is 24.3 Å². The Morgan fingerprint density at radius 2 is 0.606 bits per heavy atom. The van der Waals surface area contributed by atoms with Gasteiger partial charge in [0.05, 0.1) is 0 Å². The van der Waals surface area contributed by atoms with Gasteiger partial charge >= 0.3 is 205 Å². The van der Waals surface area contributed by atoms with Crippen LogP contribution < -0.4 is 7.16 Å². The van der Waals surface area contributed by atoms with Gasteiger partial charge in [-0.1, -0.05) is 0 Å². The first-order chi connectivity index (χ1) is 14.3. The van der Waals surface area contributed by atoms with E-state index in [1.165, 1.54) is 11.1 Å². The van der Waals surface area contributed by atoms with Gasteiger partial charge < -0.3 is 0 Å².